The molecule has 0 saturated heterocycles. The summed E-state index contributed by atoms with van der Waals surface area (Å²) in [5.41, 5.74) is 15.5. The van der Waals surface area contributed by atoms with Gasteiger partial charge in [0.1, 0.15) is 0 Å². The Bertz CT molecular complexity index is 772. The summed E-state index contributed by atoms with van der Waals surface area (Å²) in [6.07, 6.45) is 3.64. The van der Waals surface area contributed by atoms with Gasteiger partial charge in [0.05, 0.1) is 5.41 Å². The van der Waals surface area contributed by atoms with Gasteiger partial charge in [-0.2, -0.15) is 0 Å². The molecule has 1 heterocycles. The minimum atomic E-state index is -0.567. The third-order valence-electron chi connectivity index (χ3n) is 6.28. The Kier molecular flexibility index (Phi) is 4.00. The van der Waals surface area contributed by atoms with Gasteiger partial charge >= 0.3 is 0 Å². The number of hydrogen-bond acceptors (Lipinski definition) is 3. The molecule has 5 N–H and O–H groups in total. The third kappa shape index (κ3) is 2.52. The van der Waals surface area contributed by atoms with Gasteiger partial charge in [-0.25, -0.2) is 0 Å². The number of aryl methyl sites for hydroxylation is 1. The molecule has 25 heavy (non-hydrogen) atoms. The van der Waals surface area contributed by atoms with Crippen LogP contribution < -0.4 is 16.8 Å². The van der Waals surface area contributed by atoms with E-state index in [-0.39, 0.29) is 23.9 Å². The maximum atomic E-state index is 12.6. The van der Waals surface area contributed by atoms with Crippen LogP contribution in [0.4, 0.5) is 5.69 Å². The van der Waals surface area contributed by atoms with E-state index in [1.165, 1.54) is 5.56 Å². The topological polar surface area (TPSA) is 81.1 Å². The Hall–Kier alpha value is -2.33. The number of carbonyl (C=O) groups is 1. The van der Waals surface area contributed by atoms with Gasteiger partial charge < -0.3 is 16.8 Å². The van der Waals surface area contributed by atoms with Crippen molar-refractivity contribution in [2.75, 3.05) is 5.32 Å². The SMILES string of the molecule is NC(=O)[C@]1(C2CCc3ccccc3N2)CC[C@@H]1C(N)c1ccccc1. The molecular weight excluding hydrogens is 310 g/mol. The molecule has 2 aromatic rings. The number of amides is 1. The zero-order valence-electron chi connectivity index (χ0n) is 14.3. The van der Waals surface area contributed by atoms with Crippen molar-refractivity contribution in [2.45, 2.75) is 37.8 Å². The molecule has 130 valence electrons. The van der Waals surface area contributed by atoms with Crippen molar-refractivity contribution in [3.8, 4) is 0 Å². The van der Waals surface area contributed by atoms with E-state index < -0.39 is 5.41 Å². The molecule has 1 saturated carbocycles. The minimum Gasteiger partial charge on any atom is -0.381 e. The maximum Gasteiger partial charge on any atom is 0.226 e. The molecule has 1 fully saturated rings. The number of benzene rings is 2. The molecule has 2 aromatic carbocycles. The van der Waals surface area contributed by atoms with Crippen molar-refractivity contribution >= 4 is 11.6 Å². The van der Waals surface area contributed by atoms with E-state index in [0.29, 0.717) is 0 Å². The number of hydrogen-bond donors (Lipinski definition) is 3. The van der Waals surface area contributed by atoms with Gasteiger partial charge in [0.15, 0.2) is 0 Å². The molecule has 4 rings (SSSR count). The molecule has 1 amide bonds. The number of nitrogens with two attached hydrogens (primary N) is 2. The summed E-state index contributed by atoms with van der Waals surface area (Å²) < 4.78 is 0. The molecule has 2 unspecified atom stereocenters. The Labute approximate surface area is 148 Å². The first-order valence-corrected chi connectivity index (χ1v) is 9.08. The molecule has 0 spiro atoms. The van der Waals surface area contributed by atoms with Crippen LogP contribution >= 0.6 is 0 Å². The van der Waals surface area contributed by atoms with E-state index in [9.17, 15) is 4.79 Å². The summed E-state index contributed by atoms with van der Waals surface area (Å²) in [4.78, 5) is 12.6. The third-order valence-corrected chi connectivity index (χ3v) is 6.28. The summed E-state index contributed by atoms with van der Waals surface area (Å²) >= 11 is 0. The van der Waals surface area contributed by atoms with E-state index in [1.807, 2.05) is 36.4 Å². The van der Waals surface area contributed by atoms with Crippen molar-refractivity contribution in [1.82, 2.24) is 0 Å². The molecule has 4 heteroatoms. The largest absolute Gasteiger partial charge is 0.381 e. The monoisotopic (exact) mass is 335 g/mol. The van der Waals surface area contributed by atoms with Gasteiger partial charge in [-0.1, -0.05) is 48.5 Å². The second-order valence-electron chi connectivity index (χ2n) is 7.38. The van der Waals surface area contributed by atoms with Crippen molar-refractivity contribution < 1.29 is 4.79 Å². The number of nitrogens with one attached hydrogen (secondary N) is 1. The lowest BCUT2D eigenvalue weighted by Gasteiger charge is -2.55. The predicted octanol–water partition coefficient (Wildman–Crippen LogP) is 3.00. The number of fused-ring (bicyclic) bond motifs is 1. The summed E-state index contributed by atoms with van der Waals surface area (Å²) in [6, 6.07) is 18.2. The van der Waals surface area contributed by atoms with Gasteiger partial charge in [-0.3, -0.25) is 4.79 Å². The number of rotatable bonds is 4. The number of para-hydroxylation sites is 1. The fourth-order valence-corrected chi connectivity index (χ4v) is 4.77. The molecule has 4 atom stereocenters. The number of primary amides is 1. The summed E-state index contributed by atoms with van der Waals surface area (Å²) in [6.45, 7) is 0. The fraction of sp³-hybridized carbons (Fsp3) is 0.381. The van der Waals surface area contributed by atoms with Crippen LogP contribution in [0.1, 0.15) is 36.4 Å². The summed E-state index contributed by atoms with van der Waals surface area (Å²) in [5, 5.41) is 3.60. The first-order chi connectivity index (χ1) is 12.1. The first kappa shape index (κ1) is 16.2. The van der Waals surface area contributed by atoms with Crippen molar-refractivity contribution in [3.05, 3.63) is 65.7 Å². The van der Waals surface area contributed by atoms with Crippen LogP contribution in [0.15, 0.2) is 54.6 Å². The Morgan fingerprint density at radius 1 is 1.08 bits per heavy atom. The van der Waals surface area contributed by atoms with Crippen LogP contribution in [0, 0.1) is 11.3 Å². The van der Waals surface area contributed by atoms with Crippen LogP contribution in [0.2, 0.25) is 0 Å². The van der Waals surface area contributed by atoms with Crippen molar-refractivity contribution in [3.63, 3.8) is 0 Å². The predicted molar refractivity (Wildman–Crippen MR) is 99.9 cm³/mol. The average molecular weight is 335 g/mol. The molecule has 4 nitrogen and oxygen atoms in total. The minimum absolute atomic E-state index is 0.0495. The van der Waals surface area contributed by atoms with Gasteiger partial charge in [0, 0.05) is 17.8 Å². The van der Waals surface area contributed by atoms with Gasteiger partial charge in [-0.15, -0.1) is 0 Å². The zero-order valence-corrected chi connectivity index (χ0v) is 14.3. The Morgan fingerprint density at radius 3 is 2.48 bits per heavy atom. The first-order valence-electron chi connectivity index (χ1n) is 9.08. The second-order valence-corrected chi connectivity index (χ2v) is 7.38. The van der Waals surface area contributed by atoms with Crippen LogP contribution in [0.3, 0.4) is 0 Å². The Morgan fingerprint density at radius 2 is 1.80 bits per heavy atom. The molecule has 0 bridgehead atoms. The van der Waals surface area contributed by atoms with E-state index in [0.717, 1.165) is 36.9 Å². The van der Waals surface area contributed by atoms with Crippen LogP contribution in [0.5, 0.6) is 0 Å². The van der Waals surface area contributed by atoms with E-state index in [2.05, 4.69) is 23.5 Å². The van der Waals surface area contributed by atoms with Crippen LogP contribution in [0.25, 0.3) is 0 Å². The van der Waals surface area contributed by atoms with Gasteiger partial charge in [-0.05, 0) is 48.8 Å². The van der Waals surface area contributed by atoms with E-state index in [1.54, 1.807) is 0 Å². The highest BCUT2D eigenvalue weighted by molar-refractivity contribution is 5.84. The highest BCUT2D eigenvalue weighted by Crippen LogP contribution is 2.56. The lowest BCUT2D eigenvalue weighted by molar-refractivity contribution is -0.142. The quantitative estimate of drug-likeness (QED) is 0.803. The van der Waals surface area contributed by atoms with Crippen LogP contribution in [-0.4, -0.2) is 11.9 Å². The Balaban J connectivity index is 1.64. The summed E-state index contributed by atoms with van der Waals surface area (Å²) in [7, 11) is 0. The molecule has 1 aliphatic carbocycles. The summed E-state index contributed by atoms with van der Waals surface area (Å²) in [5.74, 6) is -0.137. The standard InChI is InChI=1S/C21H25N3O/c22-19(15-7-2-1-3-8-15)16-12-13-21(16,20(23)25)18-11-10-14-6-4-5-9-17(14)24-18/h1-9,16,18-19,24H,10-13,22H2,(H2,23,25)/t16-,18?,19?,21-/m1/s1. The highest BCUT2D eigenvalue weighted by atomic mass is 16.1. The fourth-order valence-electron chi connectivity index (χ4n) is 4.77. The van der Waals surface area contributed by atoms with Crippen molar-refractivity contribution in [1.29, 1.82) is 0 Å². The molecular formula is C21H25N3O. The smallest absolute Gasteiger partial charge is 0.226 e. The number of carbonyl (C=O) groups excluding carboxylic acids is 1. The van der Waals surface area contributed by atoms with E-state index >= 15 is 0 Å². The number of anilines is 1. The molecule has 1 aliphatic heterocycles. The molecule has 0 aromatic heterocycles. The second kappa shape index (κ2) is 6.19. The molecule has 2 aliphatic rings. The zero-order chi connectivity index (χ0) is 17.4. The lowest BCUT2D eigenvalue weighted by Crippen LogP contribution is -2.62. The van der Waals surface area contributed by atoms with E-state index in [4.69, 9.17) is 11.5 Å². The van der Waals surface area contributed by atoms with Crippen molar-refractivity contribution in [2.24, 2.45) is 22.8 Å². The average Bonchev–Trinajstić information content (AvgIpc) is 2.61. The normalized spacial score (nSPS) is 29.0. The van der Waals surface area contributed by atoms with Gasteiger partial charge in [0.2, 0.25) is 5.91 Å². The lowest BCUT2D eigenvalue weighted by atomic mass is 9.52. The molecule has 0 radical (unpaired) electrons. The van der Waals surface area contributed by atoms with Gasteiger partial charge in [0.25, 0.3) is 0 Å². The van der Waals surface area contributed by atoms with Crippen LogP contribution in [-0.2, 0) is 11.2 Å². The maximum absolute atomic E-state index is 12.6. The highest BCUT2D eigenvalue weighted by Gasteiger charge is 2.58.